The normalized spacial score (nSPS) is 28.8. The molecule has 0 aromatic rings. The minimum atomic E-state index is 0.149. The lowest BCUT2D eigenvalue weighted by Gasteiger charge is -2.39. The third-order valence-corrected chi connectivity index (χ3v) is 4.55. The van der Waals surface area contributed by atoms with E-state index in [-0.39, 0.29) is 24.7 Å². The number of nitrogens with zero attached hydrogens (tertiary/aromatic N) is 2. The average Bonchev–Trinajstić information content (AvgIpc) is 2.46. The Morgan fingerprint density at radius 2 is 1.76 bits per heavy atom. The summed E-state index contributed by atoms with van der Waals surface area (Å²) >= 11 is 0. The summed E-state index contributed by atoms with van der Waals surface area (Å²) in [5.41, 5.74) is 0. The van der Waals surface area contributed by atoms with Gasteiger partial charge < -0.3 is 19.6 Å². The molecule has 0 aliphatic carbocycles. The zero-order chi connectivity index (χ0) is 15.2. The summed E-state index contributed by atoms with van der Waals surface area (Å²) in [6, 6.07) is 0. The first-order valence-corrected chi connectivity index (χ1v) is 8.37. The van der Waals surface area contributed by atoms with E-state index in [0.29, 0.717) is 5.91 Å². The highest BCUT2D eigenvalue weighted by molar-refractivity contribution is 5.79. The number of aliphatic hydroxyl groups is 1. The molecule has 2 unspecified atom stereocenters. The van der Waals surface area contributed by atoms with Crippen LogP contribution in [0.1, 0.15) is 39.5 Å². The SMILES string of the molecule is CC1CN(C(=O)C2CCN(CCCCO)CC2)CC(C)O1. The van der Waals surface area contributed by atoms with Gasteiger partial charge in [0.05, 0.1) is 12.2 Å². The Hall–Kier alpha value is -0.650. The number of likely N-dealkylation sites (tertiary alicyclic amines) is 1. The first-order valence-electron chi connectivity index (χ1n) is 8.37. The molecule has 0 bridgehead atoms. The molecular formula is C16H30N2O3. The van der Waals surface area contributed by atoms with Gasteiger partial charge in [-0.25, -0.2) is 0 Å². The topological polar surface area (TPSA) is 53.0 Å². The third-order valence-electron chi connectivity index (χ3n) is 4.55. The second-order valence-corrected chi connectivity index (χ2v) is 6.55. The average molecular weight is 298 g/mol. The minimum absolute atomic E-state index is 0.149. The van der Waals surface area contributed by atoms with Crippen molar-refractivity contribution in [1.82, 2.24) is 9.80 Å². The monoisotopic (exact) mass is 298 g/mol. The highest BCUT2D eigenvalue weighted by Crippen LogP contribution is 2.22. The lowest BCUT2D eigenvalue weighted by Crippen LogP contribution is -2.51. The van der Waals surface area contributed by atoms with Crippen LogP contribution in [0, 0.1) is 5.92 Å². The lowest BCUT2D eigenvalue weighted by atomic mass is 9.94. The van der Waals surface area contributed by atoms with Gasteiger partial charge in [-0.05, 0) is 59.2 Å². The van der Waals surface area contributed by atoms with Crippen LogP contribution in [0.3, 0.4) is 0 Å². The molecule has 0 saturated carbocycles. The maximum Gasteiger partial charge on any atom is 0.225 e. The van der Waals surface area contributed by atoms with Crippen molar-refractivity contribution in [2.24, 2.45) is 5.92 Å². The van der Waals surface area contributed by atoms with E-state index >= 15 is 0 Å². The maximum atomic E-state index is 12.6. The molecule has 2 rings (SSSR count). The zero-order valence-corrected chi connectivity index (χ0v) is 13.5. The van der Waals surface area contributed by atoms with Crippen molar-refractivity contribution in [2.75, 3.05) is 39.3 Å². The van der Waals surface area contributed by atoms with Crippen LogP contribution in [-0.4, -0.2) is 72.4 Å². The molecule has 2 atom stereocenters. The van der Waals surface area contributed by atoms with Gasteiger partial charge in [0.25, 0.3) is 0 Å². The van der Waals surface area contributed by atoms with Crippen LogP contribution in [0.5, 0.6) is 0 Å². The largest absolute Gasteiger partial charge is 0.396 e. The van der Waals surface area contributed by atoms with Crippen LogP contribution in [0.2, 0.25) is 0 Å². The van der Waals surface area contributed by atoms with Crippen molar-refractivity contribution in [2.45, 2.75) is 51.7 Å². The third kappa shape index (κ3) is 4.94. The molecule has 2 saturated heterocycles. The summed E-state index contributed by atoms with van der Waals surface area (Å²) in [7, 11) is 0. The standard InChI is InChI=1S/C16H30N2O3/c1-13-11-18(12-14(2)21-13)16(20)15-5-8-17(9-6-15)7-3-4-10-19/h13-15,19H,3-12H2,1-2H3. The van der Waals surface area contributed by atoms with Gasteiger partial charge in [-0.15, -0.1) is 0 Å². The zero-order valence-electron chi connectivity index (χ0n) is 13.5. The number of carbonyl (C=O) groups is 1. The maximum absolute atomic E-state index is 12.6. The number of carbonyl (C=O) groups excluding carboxylic acids is 1. The predicted octanol–water partition coefficient (Wildman–Crippen LogP) is 1.11. The molecule has 0 aromatic heterocycles. The molecule has 1 N–H and O–H groups in total. The van der Waals surface area contributed by atoms with Crippen LogP contribution in [0.15, 0.2) is 0 Å². The smallest absolute Gasteiger partial charge is 0.225 e. The number of ether oxygens (including phenoxy) is 1. The Labute approximate surface area is 128 Å². The second kappa shape index (κ2) is 8.11. The molecule has 2 aliphatic heterocycles. The summed E-state index contributed by atoms with van der Waals surface area (Å²) in [5.74, 6) is 0.517. The van der Waals surface area contributed by atoms with E-state index in [1.807, 2.05) is 18.7 Å². The fourth-order valence-electron chi connectivity index (χ4n) is 3.47. The van der Waals surface area contributed by atoms with E-state index in [1.54, 1.807) is 0 Å². The molecule has 5 heteroatoms. The molecule has 1 amide bonds. The highest BCUT2D eigenvalue weighted by Gasteiger charge is 2.32. The Kier molecular flexibility index (Phi) is 6.45. The molecule has 0 aromatic carbocycles. The van der Waals surface area contributed by atoms with Crippen LogP contribution >= 0.6 is 0 Å². The van der Waals surface area contributed by atoms with E-state index in [0.717, 1.165) is 58.4 Å². The van der Waals surface area contributed by atoms with Crippen LogP contribution < -0.4 is 0 Å². The number of amides is 1. The summed E-state index contributed by atoms with van der Waals surface area (Å²) < 4.78 is 5.70. The molecule has 2 aliphatic rings. The van der Waals surface area contributed by atoms with Crippen molar-refractivity contribution in [3.8, 4) is 0 Å². The molecular weight excluding hydrogens is 268 g/mol. The Morgan fingerprint density at radius 3 is 2.33 bits per heavy atom. The summed E-state index contributed by atoms with van der Waals surface area (Å²) in [6.07, 6.45) is 4.17. The number of rotatable bonds is 5. The number of unbranched alkanes of at least 4 members (excludes halogenated alkanes) is 1. The molecule has 2 heterocycles. The highest BCUT2D eigenvalue weighted by atomic mass is 16.5. The molecule has 2 fully saturated rings. The first-order chi connectivity index (χ1) is 10.1. The number of piperidine rings is 1. The van der Waals surface area contributed by atoms with E-state index < -0.39 is 0 Å². The van der Waals surface area contributed by atoms with Crippen molar-refractivity contribution in [3.63, 3.8) is 0 Å². The van der Waals surface area contributed by atoms with E-state index in [4.69, 9.17) is 9.84 Å². The molecule has 0 radical (unpaired) electrons. The van der Waals surface area contributed by atoms with Crippen LogP contribution in [0.25, 0.3) is 0 Å². The van der Waals surface area contributed by atoms with Gasteiger partial charge in [0, 0.05) is 25.6 Å². The van der Waals surface area contributed by atoms with Gasteiger partial charge in [-0.2, -0.15) is 0 Å². The minimum Gasteiger partial charge on any atom is -0.396 e. The van der Waals surface area contributed by atoms with Gasteiger partial charge in [0.15, 0.2) is 0 Å². The summed E-state index contributed by atoms with van der Waals surface area (Å²) in [4.78, 5) is 17.1. The van der Waals surface area contributed by atoms with Gasteiger partial charge in [-0.1, -0.05) is 0 Å². The number of aliphatic hydroxyl groups excluding tert-OH is 1. The van der Waals surface area contributed by atoms with Gasteiger partial charge in [-0.3, -0.25) is 4.79 Å². The summed E-state index contributed by atoms with van der Waals surface area (Å²) in [6.45, 7) is 8.91. The van der Waals surface area contributed by atoms with Gasteiger partial charge in [0.2, 0.25) is 5.91 Å². The Morgan fingerprint density at radius 1 is 1.14 bits per heavy atom. The van der Waals surface area contributed by atoms with Crippen LogP contribution in [0.4, 0.5) is 0 Å². The quantitative estimate of drug-likeness (QED) is 0.773. The van der Waals surface area contributed by atoms with Crippen molar-refractivity contribution < 1.29 is 14.6 Å². The molecule has 5 nitrogen and oxygen atoms in total. The fourth-order valence-corrected chi connectivity index (χ4v) is 3.47. The van der Waals surface area contributed by atoms with Crippen LogP contribution in [-0.2, 0) is 9.53 Å². The van der Waals surface area contributed by atoms with E-state index in [1.165, 1.54) is 0 Å². The summed E-state index contributed by atoms with van der Waals surface area (Å²) in [5, 5.41) is 8.82. The number of hydrogen-bond donors (Lipinski definition) is 1. The van der Waals surface area contributed by atoms with Crippen molar-refractivity contribution in [3.05, 3.63) is 0 Å². The second-order valence-electron chi connectivity index (χ2n) is 6.55. The Balaban J connectivity index is 1.75. The predicted molar refractivity (Wildman–Crippen MR) is 82.1 cm³/mol. The van der Waals surface area contributed by atoms with E-state index in [9.17, 15) is 4.79 Å². The lowest BCUT2D eigenvalue weighted by molar-refractivity contribution is -0.148. The Bertz CT molecular complexity index is 319. The van der Waals surface area contributed by atoms with E-state index in [2.05, 4.69) is 4.90 Å². The van der Waals surface area contributed by atoms with Crippen molar-refractivity contribution >= 4 is 5.91 Å². The molecule has 122 valence electrons. The first kappa shape index (κ1) is 16.7. The number of hydrogen-bond acceptors (Lipinski definition) is 4. The van der Waals surface area contributed by atoms with Gasteiger partial charge >= 0.3 is 0 Å². The molecule has 0 spiro atoms. The number of morpholine rings is 1. The fraction of sp³-hybridized carbons (Fsp3) is 0.938. The molecule has 21 heavy (non-hydrogen) atoms. The van der Waals surface area contributed by atoms with Gasteiger partial charge in [0.1, 0.15) is 0 Å². The van der Waals surface area contributed by atoms with Crippen molar-refractivity contribution in [1.29, 1.82) is 0 Å².